The molecule has 2 N–H and O–H groups in total. The molecule has 0 aliphatic carbocycles. The monoisotopic (exact) mass is 321 g/mol. The molecule has 21 heavy (non-hydrogen) atoms. The Kier molecular flexibility index (Phi) is 5.67. The van der Waals surface area contributed by atoms with E-state index >= 15 is 0 Å². The fourth-order valence-corrected chi connectivity index (χ4v) is 2.72. The van der Waals surface area contributed by atoms with E-state index in [2.05, 4.69) is 5.32 Å². The molecule has 110 valence electrons. The van der Waals surface area contributed by atoms with Crippen molar-refractivity contribution in [3.63, 3.8) is 0 Å². The van der Waals surface area contributed by atoms with Gasteiger partial charge >= 0.3 is 0 Å². The van der Waals surface area contributed by atoms with Crippen molar-refractivity contribution in [1.82, 2.24) is 0 Å². The van der Waals surface area contributed by atoms with Crippen LogP contribution in [0.4, 0.5) is 5.69 Å². The summed E-state index contributed by atoms with van der Waals surface area (Å²) in [7, 11) is 0. The van der Waals surface area contributed by atoms with Gasteiger partial charge in [0.1, 0.15) is 0 Å². The first-order valence-corrected chi connectivity index (χ1v) is 7.83. The molecule has 2 aromatic rings. The molecular weight excluding hydrogens is 306 g/mol. The van der Waals surface area contributed by atoms with Crippen molar-refractivity contribution >= 4 is 35.0 Å². The van der Waals surface area contributed by atoms with Crippen LogP contribution in [0.5, 0.6) is 0 Å². The quantitative estimate of drug-likeness (QED) is 0.822. The molecule has 0 unspecified atom stereocenters. The van der Waals surface area contributed by atoms with Crippen LogP contribution in [0.25, 0.3) is 0 Å². The van der Waals surface area contributed by atoms with Crippen LogP contribution >= 0.6 is 23.4 Å². The van der Waals surface area contributed by atoms with Crippen molar-refractivity contribution in [2.45, 2.75) is 18.4 Å². The zero-order chi connectivity index (χ0) is 15.2. The molecule has 0 bridgehead atoms. The zero-order valence-corrected chi connectivity index (χ0v) is 13.2. The third kappa shape index (κ3) is 4.77. The number of hydrogen-bond acceptors (Lipinski definition) is 3. The van der Waals surface area contributed by atoms with Gasteiger partial charge in [-0.1, -0.05) is 23.7 Å². The Morgan fingerprint density at radius 3 is 2.57 bits per heavy atom. The number of hydrogen-bond donors (Lipinski definition) is 2. The Bertz CT molecular complexity index is 629. The van der Waals surface area contributed by atoms with Gasteiger partial charge in [0.25, 0.3) is 0 Å². The largest absolute Gasteiger partial charge is 0.392 e. The normalized spacial score (nSPS) is 10.4. The molecule has 0 saturated heterocycles. The molecule has 0 saturated carbocycles. The summed E-state index contributed by atoms with van der Waals surface area (Å²) < 4.78 is 0. The van der Waals surface area contributed by atoms with E-state index in [1.807, 2.05) is 37.3 Å². The standard InChI is InChI=1S/C16H16ClNO2S/c1-11-8-13(17)4-7-15(11)18-16(20)10-21-14-5-2-12(9-19)3-6-14/h2-8,19H,9-10H2,1H3,(H,18,20). The third-order valence-electron chi connectivity index (χ3n) is 2.94. The summed E-state index contributed by atoms with van der Waals surface area (Å²) in [5.41, 5.74) is 2.58. The van der Waals surface area contributed by atoms with Gasteiger partial charge in [-0.15, -0.1) is 11.8 Å². The van der Waals surface area contributed by atoms with Gasteiger partial charge in [0.05, 0.1) is 12.4 Å². The summed E-state index contributed by atoms with van der Waals surface area (Å²) in [6, 6.07) is 12.9. The second-order valence-corrected chi connectivity index (χ2v) is 6.08. The van der Waals surface area contributed by atoms with Gasteiger partial charge in [-0.2, -0.15) is 0 Å². The lowest BCUT2D eigenvalue weighted by Gasteiger charge is -2.08. The number of thioether (sulfide) groups is 1. The van der Waals surface area contributed by atoms with E-state index in [9.17, 15) is 4.79 Å². The van der Waals surface area contributed by atoms with Crippen LogP contribution in [0.3, 0.4) is 0 Å². The second-order valence-electron chi connectivity index (χ2n) is 4.60. The summed E-state index contributed by atoms with van der Waals surface area (Å²) >= 11 is 7.34. The van der Waals surface area contributed by atoms with E-state index < -0.39 is 0 Å². The number of aryl methyl sites for hydroxylation is 1. The highest BCUT2D eigenvalue weighted by atomic mass is 35.5. The smallest absolute Gasteiger partial charge is 0.234 e. The Balaban J connectivity index is 1.89. The molecule has 0 atom stereocenters. The average Bonchev–Trinajstić information content (AvgIpc) is 2.48. The Morgan fingerprint density at radius 1 is 1.24 bits per heavy atom. The maximum absolute atomic E-state index is 11.9. The second kappa shape index (κ2) is 7.50. The number of benzene rings is 2. The van der Waals surface area contributed by atoms with Crippen LogP contribution < -0.4 is 5.32 Å². The maximum atomic E-state index is 11.9. The lowest BCUT2D eigenvalue weighted by molar-refractivity contribution is -0.113. The van der Waals surface area contributed by atoms with Gasteiger partial charge in [0.15, 0.2) is 0 Å². The van der Waals surface area contributed by atoms with Crippen molar-refractivity contribution in [2.24, 2.45) is 0 Å². The number of aliphatic hydroxyl groups is 1. The number of rotatable bonds is 5. The lowest BCUT2D eigenvalue weighted by Crippen LogP contribution is -2.14. The number of aliphatic hydroxyl groups excluding tert-OH is 1. The first-order valence-electron chi connectivity index (χ1n) is 6.47. The fraction of sp³-hybridized carbons (Fsp3) is 0.188. The highest BCUT2D eigenvalue weighted by Crippen LogP contribution is 2.21. The van der Waals surface area contributed by atoms with Crippen molar-refractivity contribution in [3.8, 4) is 0 Å². The average molecular weight is 322 g/mol. The molecule has 0 aliphatic heterocycles. The van der Waals surface area contributed by atoms with E-state index in [4.69, 9.17) is 16.7 Å². The Labute approximate surface area is 133 Å². The van der Waals surface area contributed by atoms with Crippen LogP contribution in [0, 0.1) is 6.92 Å². The molecule has 0 spiro atoms. The number of amides is 1. The maximum Gasteiger partial charge on any atom is 0.234 e. The van der Waals surface area contributed by atoms with Crippen LogP contribution in [-0.2, 0) is 11.4 Å². The van der Waals surface area contributed by atoms with Gasteiger partial charge in [0, 0.05) is 15.6 Å². The summed E-state index contributed by atoms with van der Waals surface area (Å²) in [5, 5.41) is 12.5. The van der Waals surface area contributed by atoms with Crippen LogP contribution in [0.1, 0.15) is 11.1 Å². The Morgan fingerprint density at radius 2 is 1.95 bits per heavy atom. The predicted molar refractivity (Wildman–Crippen MR) is 87.9 cm³/mol. The third-order valence-corrected chi connectivity index (χ3v) is 4.19. The van der Waals surface area contributed by atoms with Crippen molar-refractivity contribution in [1.29, 1.82) is 0 Å². The highest BCUT2D eigenvalue weighted by molar-refractivity contribution is 8.00. The summed E-state index contributed by atoms with van der Waals surface area (Å²) in [4.78, 5) is 12.9. The minimum Gasteiger partial charge on any atom is -0.392 e. The fourth-order valence-electron chi connectivity index (χ4n) is 1.79. The first kappa shape index (κ1) is 15.9. The van der Waals surface area contributed by atoms with Crippen molar-refractivity contribution < 1.29 is 9.90 Å². The van der Waals surface area contributed by atoms with Crippen LogP contribution in [-0.4, -0.2) is 16.8 Å². The van der Waals surface area contributed by atoms with E-state index in [-0.39, 0.29) is 12.5 Å². The molecule has 0 fully saturated rings. The number of carbonyl (C=O) groups is 1. The number of anilines is 1. The van der Waals surface area contributed by atoms with E-state index in [1.165, 1.54) is 11.8 Å². The van der Waals surface area contributed by atoms with E-state index in [0.29, 0.717) is 10.8 Å². The molecular formula is C16H16ClNO2S. The molecule has 1 amide bonds. The molecule has 0 radical (unpaired) electrons. The van der Waals surface area contributed by atoms with Crippen LogP contribution in [0.2, 0.25) is 5.02 Å². The molecule has 3 nitrogen and oxygen atoms in total. The molecule has 0 aromatic heterocycles. The first-order chi connectivity index (χ1) is 10.1. The number of nitrogens with one attached hydrogen (secondary N) is 1. The topological polar surface area (TPSA) is 49.3 Å². The van der Waals surface area contributed by atoms with E-state index in [1.54, 1.807) is 12.1 Å². The molecule has 0 aliphatic rings. The molecule has 5 heteroatoms. The van der Waals surface area contributed by atoms with Gasteiger partial charge in [-0.05, 0) is 48.4 Å². The highest BCUT2D eigenvalue weighted by Gasteiger charge is 2.06. The lowest BCUT2D eigenvalue weighted by atomic mass is 10.2. The molecule has 2 aromatic carbocycles. The zero-order valence-electron chi connectivity index (χ0n) is 11.6. The number of halogens is 1. The Hall–Kier alpha value is -1.49. The van der Waals surface area contributed by atoms with E-state index in [0.717, 1.165) is 21.7 Å². The summed E-state index contributed by atoms with van der Waals surface area (Å²) in [5.74, 6) is 0.275. The summed E-state index contributed by atoms with van der Waals surface area (Å²) in [6.07, 6.45) is 0. The van der Waals surface area contributed by atoms with Gasteiger partial charge < -0.3 is 10.4 Å². The van der Waals surface area contributed by atoms with Crippen molar-refractivity contribution in [2.75, 3.05) is 11.1 Å². The van der Waals surface area contributed by atoms with Gasteiger partial charge in [0.2, 0.25) is 5.91 Å². The number of carbonyl (C=O) groups excluding carboxylic acids is 1. The minimum absolute atomic E-state index is 0.0290. The van der Waals surface area contributed by atoms with Crippen LogP contribution in [0.15, 0.2) is 47.4 Å². The van der Waals surface area contributed by atoms with Crippen molar-refractivity contribution in [3.05, 3.63) is 58.6 Å². The summed E-state index contributed by atoms with van der Waals surface area (Å²) in [6.45, 7) is 1.93. The minimum atomic E-state index is -0.0587. The predicted octanol–water partition coefficient (Wildman–Crippen LogP) is 3.87. The van der Waals surface area contributed by atoms with Gasteiger partial charge in [-0.3, -0.25) is 4.79 Å². The SMILES string of the molecule is Cc1cc(Cl)ccc1NC(=O)CSc1ccc(CO)cc1. The van der Waals surface area contributed by atoms with Gasteiger partial charge in [-0.25, -0.2) is 0 Å². The molecule has 2 rings (SSSR count). The molecule has 0 heterocycles.